The molecule has 0 aliphatic carbocycles. The van der Waals surface area contributed by atoms with E-state index in [2.05, 4.69) is 15.6 Å². The first kappa shape index (κ1) is 17.7. The number of hydrogen-bond donors (Lipinski definition) is 2. The summed E-state index contributed by atoms with van der Waals surface area (Å²) in [5, 5.41) is 5.10. The topological polar surface area (TPSA) is 58.4 Å². The van der Waals surface area contributed by atoms with Gasteiger partial charge in [0.2, 0.25) is 0 Å². The second-order valence-electron chi connectivity index (χ2n) is 6.33. The molecule has 28 heavy (non-hydrogen) atoms. The average Bonchev–Trinajstić information content (AvgIpc) is 3.11. The van der Waals surface area contributed by atoms with Crippen LogP contribution in [0.2, 0.25) is 0 Å². The van der Waals surface area contributed by atoms with Gasteiger partial charge < -0.3 is 15.0 Å². The molecule has 0 saturated heterocycles. The van der Waals surface area contributed by atoms with Crippen LogP contribution in [0.4, 0.5) is 25.0 Å². The zero-order valence-electron chi connectivity index (χ0n) is 14.9. The van der Waals surface area contributed by atoms with Crippen LogP contribution in [0.3, 0.4) is 0 Å². The first-order valence-electron chi connectivity index (χ1n) is 8.57. The summed E-state index contributed by atoms with van der Waals surface area (Å²) in [6.45, 7) is 2.00. The fraction of sp³-hybridized carbons (Fsp3) is 0.0476. The van der Waals surface area contributed by atoms with Crippen molar-refractivity contribution >= 4 is 23.1 Å². The van der Waals surface area contributed by atoms with Crippen molar-refractivity contribution in [3.05, 3.63) is 84.2 Å². The van der Waals surface area contributed by atoms with Crippen LogP contribution in [0, 0.1) is 18.6 Å². The van der Waals surface area contributed by atoms with Gasteiger partial charge >= 0.3 is 6.03 Å². The number of aromatic nitrogens is 2. The van der Waals surface area contributed by atoms with Gasteiger partial charge in [0.1, 0.15) is 5.65 Å². The van der Waals surface area contributed by atoms with E-state index in [9.17, 15) is 13.6 Å². The Labute approximate surface area is 159 Å². The van der Waals surface area contributed by atoms with Gasteiger partial charge in [0, 0.05) is 35.4 Å². The zero-order chi connectivity index (χ0) is 19.7. The molecule has 0 saturated carbocycles. The highest BCUT2D eigenvalue weighted by molar-refractivity contribution is 5.99. The number of benzene rings is 2. The molecular weight excluding hydrogens is 362 g/mol. The highest BCUT2D eigenvalue weighted by Crippen LogP contribution is 2.22. The quantitative estimate of drug-likeness (QED) is 0.513. The number of urea groups is 1. The molecule has 0 spiro atoms. The molecular formula is C21H16F2N4O. The van der Waals surface area contributed by atoms with Gasteiger partial charge in [-0.2, -0.15) is 0 Å². The molecule has 2 N–H and O–H groups in total. The fourth-order valence-corrected chi connectivity index (χ4v) is 2.88. The Morgan fingerprint density at radius 2 is 1.68 bits per heavy atom. The number of nitrogens with zero attached hydrogens (tertiary/aromatic N) is 2. The third kappa shape index (κ3) is 3.55. The summed E-state index contributed by atoms with van der Waals surface area (Å²) in [5.41, 5.74) is 4.44. The minimum absolute atomic E-state index is 0.160. The van der Waals surface area contributed by atoms with Crippen LogP contribution >= 0.6 is 0 Å². The summed E-state index contributed by atoms with van der Waals surface area (Å²) < 4.78 is 28.1. The van der Waals surface area contributed by atoms with E-state index in [4.69, 9.17) is 0 Å². The van der Waals surface area contributed by atoms with Gasteiger partial charge in [-0.25, -0.2) is 18.6 Å². The van der Waals surface area contributed by atoms with Crippen molar-refractivity contribution in [3.63, 3.8) is 0 Å². The molecule has 0 radical (unpaired) electrons. The highest BCUT2D eigenvalue weighted by Gasteiger charge is 2.08. The van der Waals surface area contributed by atoms with Crippen molar-refractivity contribution in [2.75, 3.05) is 10.6 Å². The Morgan fingerprint density at radius 3 is 2.39 bits per heavy atom. The number of anilines is 2. The molecule has 4 aromatic rings. The molecule has 5 nitrogen and oxygen atoms in total. The van der Waals surface area contributed by atoms with Gasteiger partial charge in [0.15, 0.2) is 11.6 Å². The Morgan fingerprint density at radius 1 is 0.964 bits per heavy atom. The van der Waals surface area contributed by atoms with E-state index in [1.807, 2.05) is 48.0 Å². The molecule has 0 bridgehead atoms. The van der Waals surface area contributed by atoms with Crippen molar-refractivity contribution in [1.29, 1.82) is 0 Å². The van der Waals surface area contributed by atoms with Gasteiger partial charge in [0.25, 0.3) is 0 Å². The van der Waals surface area contributed by atoms with Crippen molar-refractivity contribution in [2.24, 2.45) is 0 Å². The number of hydrogen-bond acceptors (Lipinski definition) is 2. The molecule has 140 valence electrons. The van der Waals surface area contributed by atoms with Crippen molar-refractivity contribution in [3.8, 4) is 11.3 Å². The summed E-state index contributed by atoms with van der Waals surface area (Å²) in [7, 11) is 0. The number of nitrogens with one attached hydrogen (secondary N) is 2. The first-order valence-corrected chi connectivity index (χ1v) is 8.57. The molecule has 4 rings (SSSR count). The van der Waals surface area contributed by atoms with Crippen molar-refractivity contribution in [2.45, 2.75) is 6.92 Å². The van der Waals surface area contributed by atoms with E-state index < -0.39 is 17.7 Å². The molecule has 2 aromatic carbocycles. The highest BCUT2D eigenvalue weighted by atomic mass is 19.2. The van der Waals surface area contributed by atoms with Crippen LogP contribution < -0.4 is 10.6 Å². The summed E-state index contributed by atoms with van der Waals surface area (Å²) in [6.07, 6.45) is 3.89. The minimum Gasteiger partial charge on any atom is -0.308 e. The monoisotopic (exact) mass is 378 g/mol. The first-order chi connectivity index (χ1) is 13.5. The Balaban J connectivity index is 1.47. The van der Waals surface area contributed by atoms with Crippen LogP contribution in [0.1, 0.15) is 5.56 Å². The van der Waals surface area contributed by atoms with Crippen LogP contribution in [-0.4, -0.2) is 15.4 Å². The van der Waals surface area contributed by atoms with Crippen LogP contribution in [-0.2, 0) is 0 Å². The van der Waals surface area contributed by atoms with E-state index in [1.54, 1.807) is 12.1 Å². The third-order valence-electron chi connectivity index (χ3n) is 4.29. The molecule has 0 aliphatic rings. The zero-order valence-corrected chi connectivity index (χ0v) is 14.9. The lowest BCUT2D eigenvalue weighted by molar-refractivity contribution is 0.262. The number of aryl methyl sites for hydroxylation is 1. The van der Waals surface area contributed by atoms with E-state index in [0.717, 1.165) is 34.6 Å². The Kier molecular flexibility index (Phi) is 4.49. The molecule has 2 aromatic heterocycles. The number of carbonyl (C=O) groups excluding carboxylic acids is 1. The predicted octanol–water partition coefficient (Wildman–Crippen LogP) is 5.23. The second kappa shape index (κ2) is 7.11. The number of rotatable bonds is 3. The van der Waals surface area contributed by atoms with Crippen molar-refractivity contribution < 1.29 is 13.6 Å². The Bertz CT molecular complexity index is 1170. The maximum Gasteiger partial charge on any atom is 0.323 e. The second-order valence-corrected chi connectivity index (χ2v) is 6.33. The van der Waals surface area contributed by atoms with E-state index in [0.29, 0.717) is 5.69 Å². The molecule has 0 atom stereocenters. The van der Waals surface area contributed by atoms with Gasteiger partial charge in [-0.3, -0.25) is 0 Å². The number of pyridine rings is 1. The summed E-state index contributed by atoms with van der Waals surface area (Å²) in [6, 6.07) is 13.8. The maximum atomic E-state index is 13.2. The number of imidazole rings is 1. The number of amides is 2. The number of carbonyl (C=O) groups is 1. The fourth-order valence-electron chi connectivity index (χ4n) is 2.88. The third-order valence-corrected chi connectivity index (χ3v) is 4.29. The SMILES string of the molecule is Cc1cccn2cc(-c3ccc(NC(=O)Nc4ccc(F)c(F)c4)cc3)nc12. The van der Waals surface area contributed by atoms with E-state index in [-0.39, 0.29) is 5.69 Å². The molecule has 0 fully saturated rings. The lowest BCUT2D eigenvalue weighted by atomic mass is 10.1. The lowest BCUT2D eigenvalue weighted by Crippen LogP contribution is -2.19. The van der Waals surface area contributed by atoms with E-state index in [1.165, 1.54) is 6.07 Å². The maximum absolute atomic E-state index is 13.2. The number of halogens is 2. The van der Waals surface area contributed by atoms with Crippen LogP contribution in [0.25, 0.3) is 16.9 Å². The number of fused-ring (bicyclic) bond motifs is 1. The lowest BCUT2D eigenvalue weighted by Gasteiger charge is -2.08. The van der Waals surface area contributed by atoms with E-state index >= 15 is 0 Å². The van der Waals surface area contributed by atoms with Crippen LogP contribution in [0.15, 0.2) is 67.0 Å². The van der Waals surface area contributed by atoms with Gasteiger partial charge in [-0.05, 0) is 42.8 Å². The molecule has 2 heterocycles. The Hall–Kier alpha value is -3.74. The molecule has 0 aliphatic heterocycles. The smallest absolute Gasteiger partial charge is 0.308 e. The minimum atomic E-state index is -1.02. The average molecular weight is 378 g/mol. The largest absolute Gasteiger partial charge is 0.323 e. The van der Waals surface area contributed by atoms with Crippen molar-refractivity contribution in [1.82, 2.24) is 9.38 Å². The molecule has 2 amide bonds. The normalized spacial score (nSPS) is 10.8. The summed E-state index contributed by atoms with van der Waals surface area (Å²) >= 11 is 0. The van der Waals surface area contributed by atoms with Gasteiger partial charge in [0.05, 0.1) is 5.69 Å². The van der Waals surface area contributed by atoms with Gasteiger partial charge in [-0.1, -0.05) is 18.2 Å². The predicted molar refractivity (Wildman–Crippen MR) is 104 cm³/mol. The van der Waals surface area contributed by atoms with Crippen LogP contribution in [0.5, 0.6) is 0 Å². The summed E-state index contributed by atoms with van der Waals surface area (Å²) in [4.78, 5) is 16.7. The molecule has 0 unspecified atom stereocenters. The summed E-state index contributed by atoms with van der Waals surface area (Å²) in [5.74, 6) is -1.99. The molecule has 7 heteroatoms. The standard InChI is InChI=1S/C21H16F2N4O/c1-13-3-2-10-27-12-19(26-20(13)27)14-4-6-15(7-5-14)24-21(28)25-16-8-9-17(22)18(23)11-16/h2-12H,1H3,(H2,24,25,28). The van der Waals surface area contributed by atoms with Gasteiger partial charge in [-0.15, -0.1) is 0 Å².